The number of nitrogens with one attached hydrogen (secondary N) is 1. The zero-order valence-electron chi connectivity index (χ0n) is 21.8. The Morgan fingerprint density at radius 1 is 1.03 bits per heavy atom. The summed E-state index contributed by atoms with van der Waals surface area (Å²) >= 11 is 0. The van der Waals surface area contributed by atoms with Crippen molar-refractivity contribution in [2.75, 3.05) is 19.7 Å². The quantitative estimate of drug-likeness (QED) is 0.451. The van der Waals surface area contributed by atoms with Crippen LogP contribution in [-0.2, 0) is 11.3 Å². The molecule has 7 heteroatoms. The van der Waals surface area contributed by atoms with Crippen LogP contribution in [0.3, 0.4) is 0 Å². The van der Waals surface area contributed by atoms with Crippen molar-refractivity contribution in [2.45, 2.75) is 52.2 Å². The van der Waals surface area contributed by atoms with Crippen LogP contribution in [0.1, 0.15) is 59.9 Å². The van der Waals surface area contributed by atoms with Gasteiger partial charge in [-0.1, -0.05) is 36.4 Å². The number of carbonyl (C=O) groups is 2. The standard InChI is InChI=1S/C30H35N3O4/c1-4-36-27-13-9-8-10-24(27)20-31-29(34)26-15-14-21(2)32-28(26)23-16-18-33(19-17-23)30(35)22(3)37-25-11-6-5-7-12-25/h5-15,22-23H,4,16-20H2,1-3H3,(H,31,34). The molecule has 1 aliphatic heterocycles. The van der Waals surface area contributed by atoms with Crippen molar-refractivity contribution >= 4 is 11.8 Å². The van der Waals surface area contributed by atoms with Crippen molar-refractivity contribution in [3.05, 3.63) is 89.2 Å². The predicted octanol–water partition coefficient (Wildman–Crippen LogP) is 4.89. The summed E-state index contributed by atoms with van der Waals surface area (Å²) in [6.07, 6.45) is 0.929. The number of amides is 2. The fourth-order valence-electron chi connectivity index (χ4n) is 4.68. The number of carbonyl (C=O) groups excluding carboxylic acids is 2. The molecule has 1 aromatic heterocycles. The van der Waals surface area contributed by atoms with E-state index < -0.39 is 6.10 Å². The van der Waals surface area contributed by atoms with Gasteiger partial charge in [-0.3, -0.25) is 14.6 Å². The summed E-state index contributed by atoms with van der Waals surface area (Å²) < 4.78 is 11.5. The first-order valence-corrected chi connectivity index (χ1v) is 12.9. The number of nitrogens with zero attached hydrogens (tertiary/aromatic N) is 2. The second-order valence-corrected chi connectivity index (χ2v) is 9.28. The van der Waals surface area contributed by atoms with Crippen LogP contribution in [0.25, 0.3) is 0 Å². The highest BCUT2D eigenvalue weighted by molar-refractivity contribution is 5.95. The van der Waals surface area contributed by atoms with Crippen molar-refractivity contribution in [1.29, 1.82) is 0 Å². The van der Waals surface area contributed by atoms with Crippen LogP contribution in [-0.4, -0.2) is 47.5 Å². The molecule has 0 bridgehead atoms. The molecule has 1 saturated heterocycles. The summed E-state index contributed by atoms with van der Waals surface area (Å²) in [4.78, 5) is 32.8. The van der Waals surface area contributed by atoms with Gasteiger partial charge in [0.25, 0.3) is 11.8 Å². The molecule has 3 aromatic rings. The van der Waals surface area contributed by atoms with Crippen LogP contribution in [0, 0.1) is 6.92 Å². The molecule has 1 aliphatic rings. The van der Waals surface area contributed by atoms with Gasteiger partial charge in [-0.2, -0.15) is 0 Å². The summed E-state index contributed by atoms with van der Waals surface area (Å²) in [5.74, 6) is 1.38. The third kappa shape index (κ3) is 6.67. The number of hydrogen-bond donors (Lipinski definition) is 1. The fourth-order valence-corrected chi connectivity index (χ4v) is 4.68. The zero-order valence-corrected chi connectivity index (χ0v) is 21.8. The van der Waals surface area contributed by atoms with Gasteiger partial charge in [-0.05, 0) is 63.9 Å². The van der Waals surface area contributed by atoms with Crippen molar-refractivity contribution in [2.24, 2.45) is 0 Å². The molecule has 1 atom stereocenters. The van der Waals surface area contributed by atoms with E-state index in [1.54, 1.807) is 6.92 Å². The Hall–Kier alpha value is -3.87. The number of aromatic nitrogens is 1. The van der Waals surface area contributed by atoms with Crippen LogP contribution >= 0.6 is 0 Å². The average molecular weight is 502 g/mol. The molecule has 7 nitrogen and oxygen atoms in total. The Morgan fingerprint density at radius 2 is 1.73 bits per heavy atom. The fraction of sp³-hybridized carbons (Fsp3) is 0.367. The zero-order chi connectivity index (χ0) is 26.2. The number of para-hydroxylation sites is 2. The first kappa shape index (κ1) is 26.2. The third-order valence-electron chi connectivity index (χ3n) is 6.62. The maximum absolute atomic E-state index is 13.2. The van der Waals surface area contributed by atoms with E-state index in [2.05, 4.69) is 5.32 Å². The highest BCUT2D eigenvalue weighted by Crippen LogP contribution is 2.30. The number of aryl methyl sites for hydroxylation is 1. The lowest BCUT2D eigenvalue weighted by Crippen LogP contribution is -2.44. The number of pyridine rings is 1. The molecule has 1 N–H and O–H groups in total. The summed E-state index contributed by atoms with van der Waals surface area (Å²) in [6, 6.07) is 20.8. The average Bonchev–Trinajstić information content (AvgIpc) is 2.92. The Bertz CT molecular complexity index is 1210. The largest absolute Gasteiger partial charge is 0.494 e. The van der Waals surface area contributed by atoms with E-state index in [1.165, 1.54) is 0 Å². The molecule has 0 radical (unpaired) electrons. The van der Waals surface area contributed by atoms with Crippen LogP contribution in [0.2, 0.25) is 0 Å². The SMILES string of the molecule is CCOc1ccccc1CNC(=O)c1ccc(C)nc1C1CCN(C(=O)C(C)Oc2ccccc2)CC1. The van der Waals surface area contributed by atoms with Gasteiger partial charge in [0.1, 0.15) is 11.5 Å². The Labute approximate surface area is 218 Å². The second-order valence-electron chi connectivity index (χ2n) is 9.28. The second kappa shape index (κ2) is 12.4. The van der Waals surface area contributed by atoms with Gasteiger partial charge in [0.15, 0.2) is 6.10 Å². The maximum atomic E-state index is 13.2. The maximum Gasteiger partial charge on any atom is 0.263 e. The first-order chi connectivity index (χ1) is 18.0. The first-order valence-electron chi connectivity index (χ1n) is 12.9. The Balaban J connectivity index is 1.39. The molecule has 0 spiro atoms. The van der Waals surface area contributed by atoms with Crippen molar-refractivity contribution in [3.63, 3.8) is 0 Å². The van der Waals surface area contributed by atoms with Crippen molar-refractivity contribution in [1.82, 2.24) is 15.2 Å². The van der Waals surface area contributed by atoms with Crippen LogP contribution in [0.15, 0.2) is 66.7 Å². The van der Waals surface area contributed by atoms with E-state index in [0.29, 0.717) is 37.6 Å². The third-order valence-corrected chi connectivity index (χ3v) is 6.62. The van der Waals surface area contributed by atoms with E-state index in [9.17, 15) is 9.59 Å². The van der Waals surface area contributed by atoms with Crippen LogP contribution in [0.5, 0.6) is 11.5 Å². The molecule has 1 fully saturated rings. The highest BCUT2D eigenvalue weighted by atomic mass is 16.5. The molecular weight excluding hydrogens is 466 g/mol. The van der Waals surface area contributed by atoms with E-state index in [1.807, 2.05) is 85.5 Å². The molecule has 194 valence electrons. The van der Waals surface area contributed by atoms with Gasteiger partial charge in [0.2, 0.25) is 0 Å². The topological polar surface area (TPSA) is 80.8 Å². The molecular formula is C30H35N3O4. The van der Waals surface area contributed by atoms with E-state index in [0.717, 1.165) is 35.5 Å². The minimum Gasteiger partial charge on any atom is -0.494 e. The molecule has 1 unspecified atom stereocenters. The summed E-state index contributed by atoms with van der Waals surface area (Å²) in [6.45, 7) is 7.80. The molecule has 2 amide bonds. The van der Waals surface area contributed by atoms with Gasteiger partial charge >= 0.3 is 0 Å². The van der Waals surface area contributed by atoms with E-state index in [4.69, 9.17) is 14.5 Å². The molecule has 0 saturated carbocycles. The van der Waals surface area contributed by atoms with Gasteiger partial charge in [0.05, 0.1) is 17.9 Å². The highest BCUT2D eigenvalue weighted by Gasteiger charge is 2.30. The smallest absolute Gasteiger partial charge is 0.263 e. The molecule has 2 heterocycles. The minimum absolute atomic E-state index is 0.0227. The lowest BCUT2D eigenvalue weighted by atomic mass is 9.89. The van der Waals surface area contributed by atoms with E-state index >= 15 is 0 Å². The number of piperidine rings is 1. The number of ether oxygens (including phenoxy) is 2. The monoisotopic (exact) mass is 501 g/mol. The molecule has 0 aliphatic carbocycles. The molecule has 2 aromatic carbocycles. The Morgan fingerprint density at radius 3 is 2.46 bits per heavy atom. The molecule has 37 heavy (non-hydrogen) atoms. The number of likely N-dealkylation sites (tertiary alicyclic amines) is 1. The normalized spacial score (nSPS) is 14.6. The van der Waals surface area contributed by atoms with Gasteiger partial charge in [-0.15, -0.1) is 0 Å². The summed E-state index contributed by atoms with van der Waals surface area (Å²) in [5.41, 5.74) is 3.19. The van der Waals surface area contributed by atoms with Gasteiger partial charge < -0.3 is 19.7 Å². The van der Waals surface area contributed by atoms with Crippen LogP contribution < -0.4 is 14.8 Å². The van der Waals surface area contributed by atoms with Gasteiger partial charge in [0, 0.05) is 36.8 Å². The number of benzene rings is 2. The minimum atomic E-state index is -0.558. The van der Waals surface area contributed by atoms with Crippen molar-refractivity contribution < 1.29 is 19.1 Å². The lowest BCUT2D eigenvalue weighted by Gasteiger charge is -2.34. The number of hydrogen-bond acceptors (Lipinski definition) is 5. The van der Waals surface area contributed by atoms with Crippen LogP contribution in [0.4, 0.5) is 0 Å². The van der Waals surface area contributed by atoms with Crippen molar-refractivity contribution in [3.8, 4) is 11.5 Å². The van der Waals surface area contributed by atoms with E-state index in [-0.39, 0.29) is 17.7 Å². The van der Waals surface area contributed by atoms with Gasteiger partial charge in [-0.25, -0.2) is 0 Å². The predicted molar refractivity (Wildman–Crippen MR) is 143 cm³/mol. The number of rotatable bonds is 9. The molecule has 4 rings (SSSR count). The summed E-state index contributed by atoms with van der Waals surface area (Å²) in [7, 11) is 0. The Kier molecular flexibility index (Phi) is 8.77. The lowest BCUT2D eigenvalue weighted by molar-refractivity contribution is -0.139. The summed E-state index contributed by atoms with van der Waals surface area (Å²) in [5, 5.41) is 3.04.